The van der Waals surface area contributed by atoms with Crippen LogP contribution in [0.25, 0.3) is 0 Å². The first kappa shape index (κ1) is 13.6. The maximum atomic E-state index is 12.0. The van der Waals surface area contributed by atoms with E-state index in [9.17, 15) is 19.8 Å². The molecule has 0 aliphatic carbocycles. The minimum Gasteiger partial charge on any atom is -0.459 e. The summed E-state index contributed by atoms with van der Waals surface area (Å²) in [4.78, 5) is 25.0. The van der Waals surface area contributed by atoms with Crippen LogP contribution in [0.5, 0.6) is 0 Å². The van der Waals surface area contributed by atoms with Gasteiger partial charge in [0, 0.05) is 13.1 Å². The lowest BCUT2D eigenvalue weighted by Gasteiger charge is -2.20. The van der Waals surface area contributed by atoms with Gasteiger partial charge in [0.1, 0.15) is 6.04 Å². The van der Waals surface area contributed by atoms with E-state index in [-0.39, 0.29) is 24.8 Å². The van der Waals surface area contributed by atoms with Crippen LogP contribution in [0.3, 0.4) is 0 Å². The second kappa shape index (κ2) is 5.41. The Balaban J connectivity index is 1.91. The zero-order valence-corrected chi connectivity index (χ0v) is 10.4. The summed E-state index contributed by atoms with van der Waals surface area (Å²) in [6.45, 7) is 1.68. The number of hydrogen-bond acceptors (Lipinski definition) is 5. The van der Waals surface area contributed by atoms with Crippen LogP contribution in [-0.4, -0.2) is 58.3 Å². The highest BCUT2D eigenvalue weighted by atomic mass is 16.3. The molecule has 2 heterocycles. The van der Waals surface area contributed by atoms with Crippen LogP contribution < -0.4 is 5.32 Å². The van der Waals surface area contributed by atoms with Crippen molar-refractivity contribution in [2.24, 2.45) is 0 Å². The summed E-state index contributed by atoms with van der Waals surface area (Å²) < 4.78 is 4.92. The third kappa shape index (κ3) is 2.94. The van der Waals surface area contributed by atoms with Crippen molar-refractivity contribution in [3.8, 4) is 0 Å². The largest absolute Gasteiger partial charge is 0.459 e. The first-order valence-corrected chi connectivity index (χ1v) is 5.98. The van der Waals surface area contributed by atoms with Gasteiger partial charge in [0.05, 0.1) is 18.5 Å². The molecule has 0 radical (unpaired) electrons. The second-order valence-corrected chi connectivity index (χ2v) is 4.55. The average molecular weight is 268 g/mol. The molecule has 0 spiro atoms. The summed E-state index contributed by atoms with van der Waals surface area (Å²) in [5, 5.41) is 21.3. The quantitative estimate of drug-likeness (QED) is 0.650. The maximum absolute atomic E-state index is 12.0. The Kier molecular flexibility index (Phi) is 3.87. The van der Waals surface area contributed by atoms with Crippen LogP contribution in [0.4, 0.5) is 0 Å². The van der Waals surface area contributed by atoms with Crippen molar-refractivity contribution in [1.82, 2.24) is 10.2 Å². The molecule has 2 amide bonds. The van der Waals surface area contributed by atoms with Crippen molar-refractivity contribution in [3.05, 3.63) is 24.2 Å². The van der Waals surface area contributed by atoms with Crippen LogP contribution >= 0.6 is 0 Å². The van der Waals surface area contributed by atoms with Gasteiger partial charge in [-0.15, -0.1) is 0 Å². The van der Waals surface area contributed by atoms with Crippen LogP contribution in [0.2, 0.25) is 0 Å². The lowest BCUT2D eigenvalue weighted by Crippen LogP contribution is -2.46. The molecule has 104 valence electrons. The van der Waals surface area contributed by atoms with E-state index in [1.807, 2.05) is 0 Å². The summed E-state index contributed by atoms with van der Waals surface area (Å²) in [7, 11) is 0. The standard InChI is InChI=1S/C12H16N2O5/c1-7(13-11(17)10-3-2-4-19-10)12(18)14-5-8(15)9(16)6-14/h2-4,7-9,15-16H,5-6H2,1H3,(H,13,17)/t7?,8-,9+. The summed E-state index contributed by atoms with van der Waals surface area (Å²) in [6.07, 6.45) is -0.497. The second-order valence-electron chi connectivity index (χ2n) is 4.55. The number of rotatable bonds is 3. The highest BCUT2D eigenvalue weighted by Gasteiger charge is 2.34. The Labute approximate surface area is 109 Å². The van der Waals surface area contributed by atoms with Gasteiger partial charge in [0.2, 0.25) is 5.91 Å². The number of β-amino-alcohol motifs (C(OH)–C–C–N with tert-alkyl or cyclic N) is 2. The molecule has 2 rings (SSSR count). The number of nitrogens with zero attached hydrogens (tertiary/aromatic N) is 1. The number of nitrogens with one attached hydrogen (secondary N) is 1. The number of carbonyl (C=O) groups is 2. The monoisotopic (exact) mass is 268 g/mol. The third-order valence-corrected chi connectivity index (χ3v) is 3.03. The molecule has 3 N–H and O–H groups in total. The Hall–Kier alpha value is -1.86. The van der Waals surface area contributed by atoms with Gasteiger partial charge in [0.25, 0.3) is 5.91 Å². The van der Waals surface area contributed by atoms with Crippen molar-refractivity contribution in [2.75, 3.05) is 13.1 Å². The van der Waals surface area contributed by atoms with Crippen molar-refractivity contribution >= 4 is 11.8 Å². The minimum absolute atomic E-state index is 0.0704. The molecule has 1 unspecified atom stereocenters. The number of carbonyl (C=O) groups excluding carboxylic acids is 2. The van der Waals surface area contributed by atoms with E-state index in [1.165, 1.54) is 17.2 Å². The van der Waals surface area contributed by atoms with Gasteiger partial charge >= 0.3 is 0 Å². The molecule has 1 aromatic heterocycles. The van der Waals surface area contributed by atoms with Gasteiger partial charge in [-0.25, -0.2) is 0 Å². The fourth-order valence-corrected chi connectivity index (χ4v) is 1.96. The van der Waals surface area contributed by atoms with E-state index in [0.717, 1.165) is 0 Å². The molecular weight excluding hydrogens is 252 g/mol. The Morgan fingerprint density at radius 2 is 2.05 bits per heavy atom. The molecule has 0 saturated carbocycles. The normalized spacial score (nSPS) is 24.3. The highest BCUT2D eigenvalue weighted by molar-refractivity contribution is 5.95. The number of aliphatic hydroxyl groups excluding tert-OH is 2. The van der Waals surface area contributed by atoms with E-state index in [1.54, 1.807) is 13.0 Å². The number of furan rings is 1. The van der Waals surface area contributed by atoms with Gasteiger partial charge in [-0.1, -0.05) is 0 Å². The predicted molar refractivity (Wildman–Crippen MR) is 64.2 cm³/mol. The van der Waals surface area contributed by atoms with E-state index in [0.29, 0.717) is 0 Å². The van der Waals surface area contributed by atoms with Crippen molar-refractivity contribution in [3.63, 3.8) is 0 Å². The number of aliphatic hydroxyl groups is 2. The molecule has 0 bridgehead atoms. The van der Waals surface area contributed by atoms with E-state index in [4.69, 9.17) is 4.42 Å². The third-order valence-electron chi connectivity index (χ3n) is 3.03. The van der Waals surface area contributed by atoms with Gasteiger partial charge in [0.15, 0.2) is 5.76 Å². The van der Waals surface area contributed by atoms with Gasteiger partial charge in [-0.3, -0.25) is 9.59 Å². The topological polar surface area (TPSA) is 103 Å². The molecule has 3 atom stereocenters. The Bertz CT molecular complexity index is 449. The average Bonchev–Trinajstić information content (AvgIpc) is 2.99. The highest BCUT2D eigenvalue weighted by Crippen LogP contribution is 2.11. The summed E-state index contributed by atoms with van der Waals surface area (Å²) in [5.74, 6) is -0.706. The SMILES string of the molecule is CC(NC(=O)c1ccco1)C(=O)N1C[C@@H](O)[C@@H](O)C1. The summed E-state index contributed by atoms with van der Waals surface area (Å²) in [5.41, 5.74) is 0. The molecule has 1 aliphatic rings. The predicted octanol–water partition coefficient (Wildman–Crippen LogP) is -1.04. The lowest BCUT2D eigenvalue weighted by atomic mass is 10.2. The van der Waals surface area contributed by atoms with Crippen molar-refractivity contribution in [1.29, 1.82) is 0 Å². The van der Waals surface area contributed by atoms with Crippen LogP contribution in [-0.2, 0) is 4.79 Å². The molecular formula is C12H16N2O5. The maximum Gasteiger partial charge on any atom is 0.287 e. The van der Waals surface area contributed by atoms with Crippen LogP contribution in [0.1, 0.15) is 17.5 Å². The lowest BCUT2D eigenvalue weighted by molar-refractivity contribution is -0.132. The van der Waals surface area contributed by atoms with Gasteiger partial charge in [-0.05, 0) is 19.1 Å². The molecule has 19 heavy (non-hydrogen) atoms. The fourth-order valence-electron chi connectivity index (χ4n) is 1.96. The minimum atomic E-state index is -0.933. The van der Waals surface area contributed by atoms with E-state index < -0.39 is 24.2 Å². The van der Waals surface area contributed by atoms with Crippen molar-refractivity contribution < 1.29 is 24.2 Å². The number of hydrogen-bond donors (Lipinski definition) is 3. The molecule has 1 saturated heterocycles. The number of likely N-dealkylation sites (tertiary alicyclic amines) is 1. The fraction of sp³-hybridized carbons (Fsp3) is 0.500. The Morgan fingerprint density at radius 3 is 2.58 bits per heavy atom. The smallest absolute Gasteiger partial charge is 0.287 e. The van der Waals surface area contributed by atoms with E-state index >= 15 is 0 Å². The van der Waals surface area contributed by atoms with Crippen molar-refractivity contribution in [2.45, 2.75) is 25.2 Å². The molecule has 7 heteroatoms. The first-order valence-electron chi connectivity index (χ1n) is 5.98. The molecule has 0 aromatic carbocycles. The van der Waals surface area contributed by atoms with Crippen LogP contribution in [0.15, 0.2) is 22.8 Å². The van der Waals surface area contributed by atoms with Gasteiger partial charge in [-0.2, -0.15) is 0 Å². The number of amides is 2. The molecule has 1 aliphatic heterocycles. The van der Waals surface area contributed by atoms with E-state index in [2.05, 4.69) is 5.32 Å². The summed E-state index contributed by atoms with van der Waals surface area (Å²) >= 11 is 0. The van der Waals surface area contributed by atoms with Crippen LogP contribution in [0, 0.1) is 0 Å². The molecule has 1 fully saturated rings. The summed E-state index contributed by atoms with van der Waals surface area (Å²) in [6, 6.07) is 2.32. The zero-order chi connectivity index (χ0) is 14.0. The first-order chi connectivity index (χ1) is 8.99. The Morgan fingerprint density at radius 1 is 1.42 bits per heavy atom. The molecule has 7 nitrogen and oxygen atoms in total. The zero-order valence-electron chi connectivity index (χ0n) is 10.4. The molecule has 1 aromatic rings. The van der Waals surface area contributed by atoms with Gasteiger partial charge < -0.3 is 24.8 Å².